The summed E-state index contributed by atoms with van der Waals surface area (Å²) in [6, 6.07) is 6.36. The van der Waals surface area contributed by atoms with Crippen molar-refractivity contribution in [3.63, 3.8) is 0 Å². The number of nitrogens with zero attached hydrogens (tertiary/aromatic N) is 1. The topological polar surface area (TPSA) is 48.0 Å². The number of hydrogen-bond donors (Lipinski definition) is 1. The molecule has 96 valence electrons. The van der Waals surface area contributed by atoms with Gasteiger partial charge in [0.15, 0.2) is 0 Å². The summed E-state index contributed by atoms with van der Waals surface area (Å²) in [4.78, 5) is 12.1. The van der Waals surface area contributed by atoms with Crippen LogP contribution in [0.3, 0.4) is 0 Å². The Kier molecular flexibility index (Phi) is 3.77. The molecular formula is C14H17FN2O. The average molecular weight is 248 g/mol. The molecule has 0 unspecified atom stereocenters. The smallest absolute Gasteiger partial charge is 0.253 e. The molecule has 2 rings (SSSR count). The van der Waals surface area contributed by atoms with Crippen LogP contribution in [0.2, 0.25) is 0 Å². The highest BCUT2D eigenvalue weighted by atomic mass is 19.1. The summed E-state index contributed by atoms with van der Waals surface area (Å²) >= 11 is 0. The van der Waals surface area contributed by atoms with Crippen LogP contribution in [0.5, 0.6) is 0 Å². The van der Waals surface area contributed by atoms with Crippen LogP contribution in [0, 0.1) is 5.82 Å². The van der Waals surface area contributed by atoms with Crippen molar-refractivity contribution in [3.8, 4) is 0 Å². The monoisotopic (exact) mass is 248 g/mol. The molecule has 1 heterocycles. The first-order valence-corrected chi connectivity index (χ1v) is 6.11. The maximum atomic E-state index is 13.2. The van der Waals surface area contributed by atoms with E-state index in [0.29, 0.717) is 12.1 Å². The van der Waals surface area contributed by atoms with Gasteiger partial charge in [-0.2, -0.15) is 0 Å². The first-order valence-electron chi connectivity index (χ1n) is 6.11. The minimum atomic E-state index is -0.326. The zero-order valence-corrected chi connectivity index (χ0v) is 10.4. The Balaban J connectivity index is 2.47. The minimum absolute atomic E-state index is 0.0508. The molecule has 0 bridgehead atoms. The van der Waals surface area contributed by atoms with Crippen LogP contribution in [-0.4, -0.2) is 11.1 Å². The maximum absolute atomic E-state index is 13.2. The van der Waals surface area contributed by atoms with Gasteiger partial charge in [0.1, 0.15) is 5.82 Å². The predicted molar refractivity (Wildman–Crippen MR) is 71.1 cm³/mol. The first-order chi connectivity index (χ1) is 8.63. The molecule has 0 atom stereocenters. The molecular weight excluding hydrogens is 231 g/mol. The van der Waals surface area contributed by atoms with Crippen LogP contribution in [0.1, 0.15) is 18.4 Å². The molecule has 0 radical (unpaired) electrons. The standard InChI is InChI=1S/C14H17FN2O/c1-17-13-9-12(15)6-5-10(13)8-11(14(17)18)4-2-3-7-16/h5-6,8-9H,2-4,7,16H2,1H3. The van der Waals surface area contributed by atoms with Crippen molar-refractivity contribution < 1.29 is 4.39 Å². The molecule has 4 heteroatoms. The summed E-state index contributed by atoms with van der Waals surface area (Å²) in [5.41, 5.74) is 6.79. The first kappa shape index (κ1) is 12.8. The van der Waals surface area contributed by atoms with Crippen molar-refractivity contribution in [2.75, 3.05) is 6.54 Å². The fraction of sp³-hybridized carbons (Fsp3) is 0.357. The zero-order valence-electron chi connectivity index (χ0n) is 10.4. The number of pyridine rings is 1. The van der Waals surface area contributed by atoms with Gasteiger partial charge >= 0.3 is 0 Å². The van der Waals surface area contributed by atoms with Crippen LogP contribution >= 0.6 is 0 Å². The molecule has 18 heavy (non-hydrogen) atoms. The van der Waals surface area contributed by atoms with Gasteiger partial charge in [-0.3, -0.25) is 4.79 Å². The predicted octanol–water partition coefficient (Wildman–Crippen LogP) is 1.96. The second kappa shape index (κ2) is 5.31. The quantitative estimate of drug-likeness (QED) is 0.841. The number of rotatable bonds is 4. The molecule has 2 N–H and O–H groups in total. The lowest BCUT2D eigenvalue weighted by atomic mass is 10.1. The summed E-state index contributed by atoms with van der Waals surface area (Å²) in [5.74, 6) is -0.326. The van der Waals surface area contributed by atoms with Gasteiger partial charge in [0.2, 0.25) is 0 Å². The van der Waals surface area contributed by atoms with Crippen LogP contribution in [0.4, 0.5) is 4.39 Å². The molecule has 0 aliphatic heterocycles. The van der Waals surface area contributed by atoms with Crippen LogP contribution < -0.4 is 11.3 Å². The molecule has 2 aromatic rings. The third-order valence-electron chi connectivity index (χ3n) is 3.16. The minimum Gasteiger partial charge on any atom is -0.330 e. The Labute approximate surface area is 105 Å². The molecule has 0 saturated carbocycles. The molecule has 0 spiro atoms. The molecule has 1 aromatic heterocycles. The van der Waals surface area contributed by atoms with Gasteiger partial charge in [-0.25, -0.2) is 4.39 Å². The van der Waals surface area contributed by atoms with E-state index in [1.807, 2.05) is 6.07 Å². The van der Waals surface area contributed by atoms with E-state index in [2.05, 4.69) is 0 Å². The highest BCUT2D eigenvalue weighted by Gasteiger charge is 2.07. The van der Waals surface area contributed by atoms with Crippen LogP contribution in [0.25, 0.3) is 10.9 Å². The maximum Gasteiger partial charge on any atom is 0.253 e. The SMILES string of the molecule is Cn1c(=O)c(CCCCN)cc2ccc(F)cc21. The Bertz CT molecular complexity index is 619. The van der Waals surface area contributed by atoms with E-state index in [1.54, 1.807) is 13.1 Å². The van der Waals surface area contributed by atoms with E-state index < -0.39 is 0 Å². The van der Waals surface area contributed by atoms with Gasteiger partial charge in [0.05, 0.1) is 5.52 Å². The van der Waals surface area contributed by atoms with Gasteiger partial charge in [0, 0.05) is 12.6 Å². The molecule has 0 aliphatic rings. The molecule has 0 fully saturated rings. The number of aromatic nitrogens is 1. The van der Waals surface area contributed by atoms with Gasteiger partial charge in [-0.1, -0.05) is 0 Å². The van der Waals surface area contributed by atoms with E-state index in [1.165, 1.54) is 16.7 Å². The lowest BCUT2D eigenvalue weighted by Gasteiger charge is -2.08. The number of hydrogen-bond acceptors (Lipinski definition) is 2. The summed E-state index contributed by atoms with van der Waals surface area (Å²) < 4.78 is 14.7. The van der Waals surface area contributed by atoms with Crippen LogP contribution in [-0.2, 0) is 13.5 Å². The number of halogens is 1. The largest absolute Gasteiger partial charge is 0.330 e. The fourth-order valence-electron chi connectivity index (χ4n) is 2.14. The van der Waals surface area contributed by atoms with Gasteiger partial charge in [-0.05, 0) is 55.5 Å². The van der Waals surface area contributed by atoms with E-state index in [0.717, 1.165) is 30.2 Å². The van der Waals surface area contributed by atoms with Gasteiger partial charge < -0.3 is 10.3 Å². The lowest BCUT2D eigenvalue weighted by molar-refractivity contribution is 0.628. The van der Waals surface area contributed by atoms with E-state index in [4.69, 9.17) is 5.73 Å². The van der Waals surface area contributed by atoms with Gasteiger partial charge in [0.25, 0.3) is 5.56 Å². The van der Waals surface area contributed by atoms with Gasteiger partial charge in [-0.15, -0.1) is 0 Å². The molecule has 3 nitrogen and oxygen atoms in total. The fourth-order valence-corrected chi connectivity index (χ4v) is 2.14. The van der Waals surface area contributed by atoms with Crippen molar-refractivity contribution in [1.29, 1.82) is 0 Å². The number of aryl methyl sites for hydroxylation is 2. The van der Waals surface area contributed by atoms with E-state index in [-0.39, 0.29) is 11.4 Å². The Morgan fingerprint density at radius 1 is 1.28 bits per heavy atom. The second-order valence-electron chi connectivity index (χ2n) is 4.48. The van der Waals surface area contributed by atoms with Crippen molar-refractivity contribution >= 4 is 10.9 Å². The third-order valence-corrected chi connectivity index (χ3v) is 3.16. The Morgan fingerprint density at radius 2 is 2.06 bits per heavy atom. The third kappa shape index (κ3) is 2.43. The molecule has 0 aliphatic carbocycles. The number of nitrogens with two attached hydrogens (primary N) is 1. The Hall–Kier alpha value is -1.68. The molecule has 0 amide bonds. The number of fused-ring (bicyclic) bond motifs is 1. The van der Waals surface area contributed by atoms with Crippen molar-refractivity contribution in [1.82, 2.24) is 4.57 Å². The van der Waals surface area contributed by atoms with E-state index in [9.17, 15) is 9.18 Å². The molecule has 0 saturated heterocycles. The van der Waals surface area contributed by atoms with Crippen molar-refractivity contribution in [3.05, 3.63) is 46.0 Å². The highest BCUT2D eigenvalue weighted by molar-refractivity contribution is 5.79. The van der Waals surface area contributed by atoms with Crippen LogP contribution in [0.15, 0.2) is 29.1 Å². The lowest BCUT2D eigenvalue weighted by Crippen LogP contribution is -2.21. The van der Waals surface area contributed by atoms with Crippen molar-refractivity contribution in [2.24, 2.45) is 12.8 Å². The Morgan fingerprint density at radius 3 is 2.78 bits per heavy atom. The zero-order chi connectivity index (χ0) is 13.1. The van der Waals surface area contributed by atoms with Crippen molar-refractivity contribution in [2.45, 2.75) is 19.3 Å². The molecule has 1 aromatic carbocycles. The summed E-state index contributed by atoms with van der Waals surface area (Å²) in [5, 5.41) is 0.890. The summed E-state index contributed by atoms with van der Waals surface area (Å²) in [6.07, 6.45) is 2.53. The van der Waals surface area contributed by atoms with E-state index >= 15 is 0 Å². The normalized spacial score (nSPS) is 11.1. The second-order valence-corrected chi connectivity index (χ2v) is 4.48. The number of benzene rings is 1. The summed E-state index contributed by atoms with van der Waals surface area (Å²) in [7, 11) is 1.68. The number of unbranched alkanes of at least 4 members (excludes halogenated alkanes) is 1. The average Bonchev–Trinajstić information content (AvgIpc) is 2.36. The summed E-state index contributed by atoms with van der Waals surface area (Å²) in [6.45, 7) is 0.638. The highest BCUT2D eigenvalue weighted by Crippen LogP contribution is 2.15.